The quantitative estimate of drug-likeness (QED) is 0.679. The normalized spacial score (nSPS) is 10.4. The Balaban J connectivity index is 1.57. The maximum atomic E-state index is 11.8. The lowest BCUT2D eigenvalue weighted by atomic mass is 10.2. The first kappa shape index (κ1) is 13.8. The fourth-order valence-electron chi connectivity index (χ4n) is 1.94. The number of carbonyl (C=O) groups excluding carboxylic acids is 1. The number of aromatic amines is 1. The predicted molar refractivity (Wildman–Crippen MR) is 80.9 cm³/mol. The second-order valence-electron chi connectivity index (χ2n) is 4.62. The first-order valence-electron chi connectivity index (χ1n) is 6.70. The molecule has 0 bridgehead atoms. The zero-order valence-electron chi connectivity index (χ0n) is 11.9. The van der Waals surface area contributed by atoms with Crippen LogP contribution in [0.1, 0.15) is 5.82 Å². The monoisotopic (exact) mass is 297 g/mol. The number of H-pyrrole nitrogens is 1. The summed E-state index contributed by atoms with van der Waals surface area (Å²) in [4.78, 5) is 23.1. The third-order valence-electron chi connectivity index (χ3n) is 3.07. The van der Waals surface area contributed by atoms with E-state index in [1.807, 2.05) is 30.3 Å². The summed E-state index contributed by atoms with van der Waals surface area (Å²) >= 11 is 0. The number of amides is 2. The molecule has 3 rings (SSSR count). The van der Waals surface area contributed by atoms with Crippen LogP contribution in [0.5, 0.6) is 0 Å². The van der Waals surface area contributed by atoms with Crippen LogP contribution in [0.25, 0.3) is 11.3 Å². The molecule has 22 heavy (non-hydrogen) atoms. The molecule has 0 aliphatic rings. The number of imidazole rings is 1. The number of carbonyl (C=O) groups is 1. The number of urea groups is 1. The molecule has 2 aromatic heterocycles. The van der Waals surface area contributed by atoms with E-state index in [4.69, 9.17) is 0 Å². The number of nitrogens with one attached hydrogen (secondary N) is 3. The smallest absolute Gasteiger partial charge is 0.321 e. The molecule has 8 heteroatoms. The number of hydrogen-bond acceptors (Lipinski definition) is 4. The van der Waals surface area contributed by atoms with E-state index in [0.29, 0.717) is 11.8 Å². The summed E-state index contributed by atoms with van der Waals surface area (Å²) in [6.07, 6.45) is 3.11. The van der Waals surface area contributed by atoms with Gasteiger partial charge < -0.3 is 10.3 Å². The Morgan fingerprint density at radius 3 is 2.82 bits per heavy atom. The third kappa shape index (κ3) is 3.11. The van der Waals surface area contributed by atoms with Crippen LogP contribution in [-0.2, 0) is 13.6 Å². The summed E-state index contributed by atoms with van der Waals surface area (Å²) < 4.78 is 1.47. The van der Waals surface area contributed by atoms with Gasteiger partial charge >= 0.3 is 6.03 Å². The molecule has 2 amide bonds. The summed E-state index contributed by atoms with van der Waals surface area (Å²) in [5.41, 5.74) is 1.95. The summed E-state index contributed by atoms with van der Waals surface area (Å²) in [6, 6.07) is 9.50. The van der Waals surface area contributed by atoms with Crippen molar-refractivity contribution < 1.29 is 4.79 Å². The van der Waals surface area contributed by atoms with Gasteiger partial charge in [-0.05, 0) is 5.56 Å². The third-order valence-corrected chi connectivity index (χ3v) is 3.07. The molecular formula is C14H15N7O. The molecule has 1 aromatic carbocycles. The lowest BCUT2D eigenvalue weighted by molar-refractivity contribution is 0.251. The van der Waals surface area contributed by atoms with Gasteiger partial charge in [0.25, 0.3) is 0 Å². The van der Waals surface area contributed by atoms with Crippen LogP contribution in [0.2, 0.25) is 0 Å². The number of aryl methyl sites for hydroxylation is 1. The summed E-state index contributed by atoms with van der Waals surface area (Å²) in [5.74, 6) is 1.05. The van der Waals surface area contributed by atoms with E-state index in [-0.39, 0.29) is 12.6 Å². The van der Waals surface area contributed by atoms with Gasteiger partial charge in [0.05, 0.1) is 18.4 Å². The molecule has 0 aliphatic carbocycles. The Morgan fingerprint density at radius 1 is 1.27 bits per heavy atom. The average molecular weight is 297 g/mol. The highest BCUT2D eigenvalue weighted by atomic mass is 16.2. The summed E-state index contributed by atoms with van der Waals surface area (Å²) in [6.45, 7) is 0.288. The predicted octanol–water partition coefficient (Wildman–Crippen LogP) is 1.53. The van der Waals surface area contributed by atoms with Crippen LogP contribution in [-0.4, -0.2) is 30.8 Å². The largest absolute Gasteiger partial charge is 0.341 e. The van der Waals surface area contributed by atoms with E-state index in [1.165, 1.54) is 11.0 Å². The van der Waals surface area contributed by atoms with E-state index in [1.54, 1.807) is 13.2 Å². The average Bonchev–Trinajstić information content (AvgIpc) is 3.16. The topological polar surface area (TPSA) is 101 Å². The van der Waals surface area contributed by atoms with Gasteiger partial charge in [0, 0.05) is 7.05 Å². The summed E-state index contributed by atoms with van der Waals surface area (Å²) in [7, 11) is 1.70. The summed E-state index contributed by atoms with van der Waals surface area (Å²) in [5, 5.41) is 9.17. The van der Waals surface area contributed by atoms with Gasteiger partial charge in [0.2, 0.25) is 5.95 Å². The molecule has 8 nitrogen and oxygen atoms in total. The van der Waals surface area contributed by atoms with Crippen molar-refractivity contribution in [2.75, 3.05) is 5.32 Å². The molecule has 0 radical (unpaired) electrons. The second kappa shape index (κ2) is 6.08. The number of nitrogens with zero attached hydrogens (tertiary/aromatic N) is 4. The molecule has 0 saturated carbocycles. The highest BCUT2D eigenvalue weighted by Crippen LogP contribution is 2.15. The van der Waals surface area contributed by atoms with Crippen molar-refractivity contribution in [2.24, 2.45) is 7.05 Å². The molecule has 112 valence electrons. The minimum Gasteiger partial charge on any atom is -0.341 e. The highest BCUT2D eigenvalue weighted by Gasteiger charge is 2.07. The molecule has 3 N–H and O–H groups in total. The number of rotatable bonds is 4. The van der Waals surface area contributed by atoms with Crippen LogP contribution in [0, 0.1) is 0 Å². The maximum Gasteiger partial charge on any atom is 0.321 e. The highest BCUT2D eigenvalue weighted by molar-refractivity contribution is 5.87. The number of aromatic nitrogens is 5. The van der Waals surface area contributed by atoms with Crippen molar-refractivity contribution >= 4 is 12.0 Å². The van der Waals surface area contributed by atoms with Crippen LogP contribution >= 0.6 is 0 Å². The molecule has 0 saturated heterocycles. The van der Waals surface area contributed by atoms with E-state index >= 15 is 0 Å². The second-order valence-corrected chi connectivity index (χ2v) is 4.62. The molecule has 3 aromatic rings. The molecule has 0 aliphatic heterocycles. The number of hydrogen-bond donors (Lipinski definition) is 3. The molecule has 2 heterocycles. The number of benzene rings is 1. The lowest BCUT2D eigenvalue weighted by Gasteiger charge is -2.05. The van der Waals surface area contributed by atoms with Gasteiger partial charge in [-0.25, -0.2) is 14.5 Å². The Morgan fingerprint density at radius 2 is 2.09 bits per heavy atom. The van der Waals surface area contributed by atoms with Crippen molar-refractivity contribution in [1.82, 2.24) is 30.0 Å². The van der Waals surface area contributed by atoms with Gasteiger partial charge in [0.15, 0.2) is 0 Å². The van der Waals surface area contributed by atoms with Gasteiger partial charge in [-0.15, -0.1) is 0 Å². The van der Waals surface area contributed by atoms with E-state index in [9.17, 15) is 4.79 Å². The van der Waals surface area contributed by atoms with Crippen LogP contribution in [0.15, 0.2) is 42.9 Å². The van der Waals surface area contributed by atoms with E-state index < -0.39 is 0 Å². The first-order chi connectivity index (χ1) is 10.7. The minimum atomic E-state index is -0.367. The Hall–Kier alpha value is -3.16. The van der Waals surface area contributed by atoms with Crippen molar-refractivity contribution in [3.8, 4) is 11.3 Å². The van der Waals surface area contributed by atoms with Crippen molar-refractivity contribution in [1.29, 1.82) is 0 Å². The Labute approximate surface area is 126 Å². The van der Waals surface area contributed by atoms with Crippen LogP contribution in [0.4, 0.5) is 10.7 Å². The van der Waals surface area contributed by atoms with Crippen molar-refractivity contribution in [2.45, 2.75) is 6.54 Å². The molecular weight excluding hydrogens is 282 g/mol. The van der Waals surface area contributed by atoms with Crippen molar-refractivity contribution in [3.05, 3.63) is 48.7 Å². The molecule has 0 fully saturated rings. The first-order valence-corrected chi connectivity index (χ1v) is 6.70. The molecule has 0 unspecified atom stereocenters. The number of anilines is 1. The van der Waals surface area contributed by atoms with Crippen molar-refractivity contribution in [3.63, 3.8) is 0 Å². The van der Waals surface area contributed by atoms with Gasteiger partial charge in [-0.1, -0.05) is 30.3 Å². The van der Waals surface area contributed by atoms with E-state index in [0.717, 1.165) is 11.3 Å². The fraction of sp³-hybridized carbons (Fsp3) is 0.143. The van der Waals surface area contributed by atoms with E-state index in [2.05, 4.69) is 30.7 Å². The standard InChI is InChI=1S/C14H15N7O/c1-21-13(17-9-18-21)20-14(22)16-8-12-15-7-11(19-12)10-5-3-2-4-6-10/h2-7,9H,8H2,1H3,(H,15,19)(H2,16,17,18,20,22). The molecule has 0 atom stereocenters. The Kier molecular flexibility index (Phi) is 3.82. The lowest BCUT2D eigenvalue weighted by Crippen LogP contribution is -2.29. The Bertz CT molecular complexity index is 762. The maximum absolute atomic E-state index is 11.8. The zero-order valence-corrected chi connectivity index (χ0v) is 11.9. The zero-order chi connectivity index (χ0) is 15.4. The van der Waals surface area contributed by atoms with Gasteiger partial charge in [-0.3, -0.25) is 5.32 Å². The minimum absolute atomic E-state index is 0.288. The van der Waals surface area contributed by atoms with Gasteiger partial charge in [0.1, 0.15) is 12.2 Å². The SMILES string of the molecule is Cn1ncnc1NC(=O)NCc1ncc(-c2ccccc2)[nH]1. The molecule has 0 spiro atoms. The van der Waals surface area contributed by atoms with Crippen LogP contribution < -0.4 is 10.6 Å². The van der Waals surface area contributed by atoms with Gasteiger partial charge in [-0.2, -0.15) is 10.1 Å². The fourth-order valence-corrected chi connectivity index (χ4v) is 1.94. The van der Waals surface area contributed by atoms with Crippen LogP contribution in [0.3, 0.4) is 0 Å².